The molecule has 0 atom stereocenters. The summed E-state index contributed by atoms with van der Waals surface area (Å²) < 4.78 is 5.48. The Balaban J connectivity index is 1.63. The summed E-state index contributed by atoms with van der Waals surface area (Å²) >= 11 is 0. The van der Waals surface area contributed by atoms with Crippen LogP contribution < -0.4 is 20.3 Å². The predicted molar refractivity (Wildman–Crippen MR) is 110 cm³/mol. The Morgan fingerprint density at radius 1 is 1.07 bits per heavy atom. The Hall–Kier alpha value is -3.35. The molecule has 28 heavy (non-hydrogen) atoms. The number of hydrogen-bond acceptors (Lipinski definition) is 6. The molecule has 1 amide bonds. The summed E-state index contributed by atoms with van der Waals surface area (Å²) in [5.74, 6) is 0.984. The lowest BCUT2D eigenvalue weighted by Crippen LogP contribution is -2.47. The molecule has 144 valence electrons. The second kappa shape index (κ2) is 7.34. The number of fused-ring (bicyclic) bond motifs is 1. The molecule has 2 N–H and O–H groups in total. The fourth-order valence-corrected chi connectivity index (χ4v) is 3.85. The molecule has 3 heterocycles. The lowest BCUT2D eigenvalue weighted by molar-refractivity contribution is 0.100. The molecule has 1 aromatic carbocycles. The van der Waals surface area contributed by atoms with Crippen molar-refractivity contribution in [2.24, 2.45) is 5.73 Å². The zero-order valence-corrected chi connectivity index (χ0v) is 16.1. The fraction of sp³-hybridized carbons (Fsp3) is 0.286. The van der Waals surface area contributed by atoms with Gasteiger partial charge in [-0.1, -0.05) is 12.1 Å². The first-order valence-corrected chi connectivity index (χ1v) is 9.27. The van der Waals surface area contributed by atoms with Gasteiger partial charge in [-0.15, -0.1) is 0 Å². The SMILES string of the molecule is COc1cccc2c(N3CCN(c4ncccc4C(N)=O)CC3)c(C)cnc12. The number of rotatable bonds is 4. The molecule has 0 unspecified atom stereocenters. The maximum Gasteiger partial charge on any atom is 0.252 e. The van der Waals surface area contributed by atoms with Crippen LogP contribution in [0.15, 0.2) is 42.7 Å². The lowest BCUT2D eigenvalue weighted by Gasteiger charge is -2.38. The number of primary amides is 1. The van der Waals surface area contributed by atoms with Gasteiger partial charge in [-0.2, -0.15) is 0 Å². The van der Waals surface area contributed by atoms with Crippen molar-refractivity contribution in [3.05, 3.63) is 53.9 Å². The molecule has 1 aliphatic heterocycles. The molecule has 1 saturated heterocycles. The Labute approximate surface area is 163 Å². The smallest absolute Gasteiger partial charge is 0.252 e. The van der Waals surface area contributed by atoms with Gasteiger partial charge in [0.1, 0.15) is 17.1 Å². The quantitative estimate of drug-likeness (QED) is 0.751. The number of aryl methyl sites for hydroxylation is 1. The van der Waals surface area contributed by atoms with Crippen molar-refractivity contribution in [1.29, 1.82) is 0 Å². The number of ether oxygens (including phenoxy) is 1. The van der Waals surface area contributed by atoms with Crippen molar-refractivity contribution in [2.45, 2.75) is 6.92 Å². The molecule has 3 aromatic rings. The van der Waals surface area contributed by atoms with E-state index in [1.807, 2.05) is 18.3 Å². The first-order chi connectivity index (χ1) is 13.6. The van der Waals surface area contributed by atoms with E-state index in [1.165, 1.54) is 5.69 Å². The number of nitrogens with two attached hydrogens (primary N) is 1. The molecule has 7 heteroatoms. The number of hydrogen-bond donors (Lipinski definition) is 1. The van der Waals surface area contributed by atoms with E-state index in [0.29, 0.717) is 11.4 Å². The molecule has 0 radical (unpaired) electrons. The molecule has 0 saturated carbocycles. The van der Waals surface area contributed by atoms with Gasteiger partial charge < -0.3 is 20.3 Å². The van der Waals surface area contributed by atoms with E-state index < -0.39 is 5.91 Å². The van der Waals surface area contributed by atoms with Gasteiger partial charge in [0, 0.05) is 44.0 Å². The molecule has 7 nitrogen and oxygen atoms in total. The maximum atomic E-state index is 11.7. The number of carbonyl (C=O) groups excluding carboxylic acids is 1. The Morgan fingerprint density at radius 2 is 1.82 bits per heavy atom. The van der Waals surface area contributed by atoms with Crippen LogP contribution in [0.1, 0.15) is 15.9 Å². The molecule has 2 aromatic heterocycles. The first kappa shape index (κ1) is 18.0. The summed E-state index contributed by atoms with van der Waals surface area (Å²) in [5, 5.41) is 1.09. The van der Waals surface area contributed by atoms with Gasteiger partial charge in [0.05, 0.1) is 18.4 Å². The minimum absolute atomic E-state index is 0.450. The molecule has 1 aliphatic rings. The average Bonchev–Trinajstić information content (AvgIpc) is 2.73. The third-order valence-electron chi connectivity index (χ3n) is 5.18. The van der Waals surface area contributed by atoms with Gasteiger partial charge in [0.25, 0.3) is 5.91 Å². The van der Waals surface area contributed by atoms with Crippen LogP contribution in [0.4, 0.5) is 11.5 Å². The summed E-state index contributed by atoms with van der Waals surface area (Å²) in [6.07, 6.45) is 3.59. The number of pyridine rings is 2. The van der Waals surface area contributed by atoms with Crippen molar-refractivity contribution in [3.63, 3.8) is 0 Å². The van der Waals surface area contributed by atoms with Crippen LogP contribution in [0.25, 0.3) is 10.9 Å². The van der Waals surface area contributed by atoms with Crippen LogP contribution in [-0.4, -0.2) is 49.2 Å². The third kappa shape index (κ3) is 3.09. The number of piperazine rings is 1. The standard InChI is InChI=1S/C21H23N5O2/c1-14-13-24-18-15(5-3-7-17(18)28-2)19(14)25-9-11-26(12-10-25)21-16(20(22)27)6-4-8-23-21/h3-8,13H,9-12H2,1-2H3,(H2,22,27). The topological polar surface area (TPSA) is 84.6 Å². The number of para-hydroxylation sites is 1. The molecular formula is C21H23N5O2. The summed E-state index contributed by atoms with van der Waals surface area (Å²) in [4.78, 5) is 25.2. The average molecular weight is 377 g/mol. The lowest BCUT2D eigenvalue weighted by atomic mass is 10.1. The van der Waals surface area contributed by atoms with E-state index in [2.05, 4.69) is 32.8 Å². The van der Waals surface area contributed by atoms with E-state index >= 15 is 0 Å². The second-order valence-electron chi connectivity index (χ2n) is 6.86. The van der Waals surface area contributed by atoms with E-state index in [4.69, 9.17) is 10.5 Å². The van der Waals surface area contributed by atoms with Gasteiger partial charge in [-0.25, -0.2) is 4.98 Å². The Bertz CT molecular complexity index is 1030. The molecule has 0 spiro atoms. The van der Waals surface area contributed by atoms with Crippen molar-refractivity contribution in [1.82, 2.24) is 9.97 Å². The van der Waals surface area contributed by atoms with Crippen molar-refractivity contribution >= 4 is 28.3 Å². The molecule has 4 rings (SSSR count). The number of benzene rings is 1. The number of carbonyl (C=O) groups is 1. The number of anilines is 2. The fourth-order valence-electron chi connectivity index (χ4n) is 3.85. The van der Waals surface area contributed by atoms with E-state index in [1.54, 1.807) is 25.4 Å². The van der Waals surface area contributed by atoms with Crippen LogP contribution in [0.5, 0.6) is 5.75 Å². The molecule has 0 aliphatic carbocycles. The highest BCUT2D eigenvalue weighted by Crippen LogP contribution is 2.34. The van der Waals surface area contributed by atoms with E-state index in [0.717, 1.165) is 48.4 Å². The summed E-state index contributed by atoms with van der Waals surface area (Å²) in [5.41, 5.74) is 9.16. The van der Waals surface area contributed by atoms with Crippen molar-refractivity contribution in [2.75, 3.05) is 43.1 Å². The van der Waals surface area contributed by atoms with Crippen LogP contribution >= 0.6 is 0 Å². The predicted octanol–water partition coefficient (Wildman–Crippen LogP) is 2.37. The van der Waals surface area contributed by atoms with Gasteiger partial charge in [0.15, 0.2) is 0 Å². The Kier molecular flexibility index (Phi) is 4.73. The summed E-state index contributed by atoms with van der Waals surface area (Å²) in [7, 11) is 1.66. The van der Waals surface area contributed by atoms with Crippen LogP contribution in [0.2, 0.25) is 0 Å². The minimum Gasteiger partial charge on any atom is -0.494 e. The van der Waals surface area contributed by atoms with E-state index in [-0.39, 0.29) is 0 Å². The normalized spacial score (nSPS) is 14.4. The van der Waals surface area contributed by atoms with Crippen LogP contribution in [-0.2, 0) is 0 Å². The highest BCUT2D eigenvalue weighted by atomic mass is 16.5. The van der Waals surface area contributed by atoms with Crippen molar-refractivity contribution < 1.29 is 9.53 Å². The molecule has 0 bridgehead atoms. The van der Waals surface area contributed by atoms with Crippen LogP contribution in [0.3, 0.4) is 0 Å². The third-order valence-corrected chi connectivity index (χ3v) is 5.18. The molecular weight excluding hydrogens is 354 g/mol. The highest BCUT2D eigenvalue weighted by Gasteiger charge is 2.24. The monoisotopic (exact) mass is 377 g/mol. The number of nitrogens with zero attached hydrogens (tertiary/aromatic N) is 4. The van der Waals surface area contributed by atoms with Gasteiger partial charge in [-0.3, -0.25) is 9.78 Å². The highest BCUT2D eigenvalue weighted by molar-refractivity contribution is 5.98. The van der Waals surface area contributed by atoms with Crippen LogP contribution in [0, 0.1) is 6.92 Å². The first-order valence-electron chi connectivity index (χ1n) is 9.27. The summed E-state index contributed by atoms with van der Waals surface area (Å²) in [6, 6.07) is 9.47. The van der Waals surface area contributed by atoms with Gasteiger partial charge in [-0.05, 0) is 30.7 Å². The number of amides is 1. The largest absolute Gasteiger partial charge is 0.494 e. The summed E-state index contributed by atoms with van der Waals surface area (Å²) in [6.45, 7) is 5.21. The zero-order chi connectivity index (χ0) is 19.7. The Morgan fingerprint density at radius 3 is 2.54 bits per heavy atom. The zero-order valence-electron chi connectivity index (χ0n) is 16.1. The van der Waals surface area contributed by atoms with Gasteiger partial charge in [0.2, 0.25) is 0 Å². The second-order valence-corrected chi connectivity index (χ2v) is 6.86. The molecule has 1 fully saturated rings. The minimum atomic E-state index is -0.450. The maximum absolute atomic E-state index is 11.7. The van der Waals surface area contributed by atoms with E-state index in [9.17, 15) is 4.79 Å². The number of methoxy groups -OCH3 is 1. The van der Waals surface area contributed by atoms with Crippen molar-refractivity contribution in [3.8, 4) is 5.75 Å². The van der Waals surface area contributed by atoms with Gasteiger partial charge >= 0.3 is 0 Å². The number of aromatic nitrogens is 2.